The third-order valence-electron chi connectivity index (χ3n) is 3.24. The maximum atomic E-state index is 11.5. The molecular weight excluding hydrogens is 206 g/mol. The average Bonchev–Trinajstić information content (AvgIpc) is 2.19. The van der Waals surface area contributed by atoms with Gasteiger partial charge in [0.15, 0.2) is 0 Å². The number of nitriles is 1. The molecule has 1 aliphatic carbocycles. The molecule has 5 heteroatoms. The largest absolute Gasteiger partial charge is 0.328 e. The lowest BCUT2D eigenvalue weighted by molar-refractivity contribution is 0.129. The fourth-order valence-corrected chi connectivity index (χ4v) is 2.06. The summed E-state index contributed by atoms with van der Waals surface area (Å²) >= 11 is 0. The molecule has 1 N–H and O–H groups in total. The minimum Gasteiger partial charge on any atom is -0.299 e. The minimum atomic E-state index is -0.609. The number of nitrogens with one attached hydrogen (secondary N) is 1. The normalized spacial score (nSPS) is 17.5. The van der Waals surface area contributed by atoms with Crippen molar-refractivity contribution in [2.45, 2.75) is 32.7 Å². The van der Waals surface area contributed by atoms with Gasteiger partial charge in [-0.05, 0) is 18.3 Å². The molecule has 0 unspecified atom stereocenters. The highest BCUT2D eigenvalue weighted by atomic mass is 16.2. The number of nitrogens with zero attached hydrogens (tertiary/aromatic N) is 2. The second-order valence-corrected chi connectivity index (χ2v) is 4.71. The molecule has 16 heavy (non-hydrogen) atoms. The number of hydrogen-bond acceptors (Lipinski definition) is 3. The van der Waals surface area contributed by atoms with E-state index in [0.717, 1.165) is 12.8 Å². The van der Waals surface area contributed by atoms with E-state index >= 15 is 0 Å². The van der Waals surface area contributed by atoms with E-state index < -0.39 is 11.2 Å². The smallest absolute Gasteiger partial charge is 0.299 e. The van der Waals surface area contributed by atoms with E-state index in [0.29, 0.717) is 6.54 Å². The average molecular weight is 219 g/mol. The van der Waals surface area contributed by atoms with Gasteiger partial charge in [-0.3, -0.25) is 14.3 Å². The van der Waals surface area contributed by atoms with Crippen molar-refractivity contribution in [3.8, 4) is 6.07 Å². The SMILES string of the molecule is CC1(Cn2cc(C#N)c(=O)[nH]c2=O)CCC1. The van der Waals surface area contributed by atoms with E-state index in [4.69, 9.17) is 5.26 Å². The molecule has 1 aromatic heterocycles. The van der Waals surface area contributed by atoms with Crippen LogP contribution in [0.15, 0.2) is 15.8 Å². The van der Waals surface area contributed by atoms with Gasteiger partial charge < -0.3 is 0 Å². The zero-order valence-electron chi connectivity index (χ0n) is 9.12. The van der Waals surface area contributed by atoms with E-state index in [-0.39, 0.29) is 11.0 Å². The summed E-state index contributed by atoms with van der Waals surface area (Å²) in [6.45, 7) is 2.68. The molecular formula is C11H13N3O2. The summed E-state index contributed by atoms with van der Waals surface area (Å²) in [5.74, 6) is 0. The van der Waals surface area contributed by atoms with Gasteiger partial charge in [0.1, 0.15) is 11.6 Å². The predicted octanol–water partition coefficient (Wildman–Crippen LogP) is 0.598. The van der Waals surface area contributed by atoms with Crippen molar-refractivity contribution in [1.29, 1.82) is 5.26 Å². The van der Waals surface area contributed by atoms with E-state index in [9.17, 15) is 9.59 Å². The Kier molecular flexibility index (Phi) is 2.43. The number of rotatable bonds is 2. The fourth-order valence-electron chi connectivity index (χ4n) is 2.06. The monoisotopic (exact) mass is 219 g/mol. The van der Waals surface area contributed by atoms with Crippen molar-refractivity contribution in [2.24, 2.45) is 5.41 Å². The van der Waals surface area contributed by atoms with E-state index in [1.165, 1.54) is 17.2 Å². The number of aromatic amines is 1. The fraction of sp³-hybridized carbons (Fsp3) is 0.545. The lowest BCUT2D eigenvalue weighted by Crippen LogP contribution is -2.38. The molecule has 1 aromatic rings. The second kappa shape index (κ2) is 3.63. The van der Waals surface area contributed by atoms with Crippen LogP contribution in [0.25, 0.3) is 0 Å². The van der Waals surface area contributed by atoms with Gasteiger partial charge >= 0.3 is 5.69 Å². The van der Waals surface area contributed by atoms with Crippen LogP contribution < -0.4 is 11.2 Å². The molecule has 5 nitrogen and oxygen atoms in total. The molecule has 0 aliphatic heterocycles. The molecule has 84 valence electrons. The Hall–Kier alpha value is -1.83. The first-order valence-corrected chi connectivity index (χ1v) is 5.28. The van der Waals surface area contributed by atoms with Gasteiger partial charge in [-0.15, -0.1) is 0 Å². The van der Waals surface area contributed by atoms with Gasteiger partial charge in [0.25, 0.3) is 5.56 Å². The van der Waals surface area contributed by atoms with Crippen LogP contribution in [0, 0.1) is 16.7 Å². The summed E-state index contributed by atoms with van der Waals surface area (Å²) in [6.07, 6.45) is 4.70. The quantitative estimate of drug-likeness (QED) is 0.791. The molecule has 0 radical (unpaired) electrons. The summed E-state index contributed by atoms with van der Waals surface area (Å²) in [6, 6.07) is 1.78. The first kappa shape index (κ1) is 10.7. The minimum absolute atomic E-state index is 0.0116. The predicted molar refractivity (Wildman–Crippen MR) is 58.0 cm³/mol. The van der Waals surface area contributed by atoms with Crippen LogP contribution in [-0.4, -0.2) is 9.55 Å². The van der Waals surface area contributed by atoms with Crippen molar-refractivity contribution < 1.29 is 0 Å². The van der Waals surface area contributed by atoms with Gasteiger partial charge in [-0.2, -0.15) is 5.26 Å². The summed E-state index contributed by atoms with van der Waals surface area (Å²) in [7, 11) is 0. The lowest BCUT2D eigenvalue weighted by Gasteiger charge is -2.38. The molecule has 1 fully saturated rings. The molecule has 1 heterocycles. The Morgan fingerprint density at radius 3 is 2.75 bits per heavy atom. The number of aromatic nitrogens is 2. The Morgan fingerprint density at radius 1 is 1.56 bits per heavy atom. The number of hydrogen-bond donors (Lipinski definition) is 1. The highest BCUT2D eigenvalue weighted by Gasteiger charge is 2.32. The van der Waals surface area contributed by atoms with Gasteiger partial charge in [0.2, 0.25) is 0 Å². The topological polar surface area (TPSA) is 78.7 Å². The van der Waals surface area contributed by atoms with Crippen molar-refractivity contribution in [3.05, 3.63) is 32.6 Å². The van der Waals surface area contributed by atoms with Crippen molar-refractivity contribution >= 4 is 0 Å². The Morgan fingerprint density at radius 2 is 2.25 bits per heavy atom. The lowest BCUT2D eigenvalue weighted by atomic mass is 9.70. The third-order valence-corrected chi connectivity index (χ3v) is 3.24. The maximum absolute atomic E-state index is 11.5. The Bertz CT molecular complexity index is 558. The van der Waals surface area contributed by atoms with Crippen LogP contribution in [0.4, 0.5) is 0 Å². The zero-order valence-corrected chi connectivity index (χ0v) is 9.12. The van der Waals surface area contributed by atoms with Crippen LogP contribution in [-0.2, 0) is 6.54 Å². The van der Waals surface area contributed by atoms with Gasteiger partial charge in [0.05, 0.1) is 0 Å². The van der Waals surface area contributed by atoms with Crippen LogP contribution >= 0.6 is 0 Å². The summed E-state index contributed by atoms with van der Waals surface area (Å²) in [5.41, 5.74) is -0.920. The van der Waals surface area contributed by atoms with E-state index in [1.54, 1.807) is 6.07 Å². The van der Waals surface area contributed by atoms with Gasteiger partial charge in [0, 0.05) is 12.7 Å². The zero-order chi connectivity index (χ0) is 11.8. The first-order chi connectivity index (χ1) is 7.54. The molecule has 1 aliphatic rings. The number of H-pyrrole nitrogens is 1. The molecule has 0 saturated heterocycles. The van der Waals surface area contributed by atoms with Crippen LogP contribution in [0.2, 0.25) is 0 Å². The van der Waals surface area contributed by atoms with Crippen LogP contribution in [0.1, 0.15) is 31.7 Å². The van der Waals surface area contributed by atoms with Gasteiger partial charge in [-0.25, -0.2) is 4.79 Å². The summed E-state index contributed by atoms with van der Waals surface area (Å²) in [4.78, 5) is 24.9. The summed E-state index contributed by atoms with van der Waals surface area (Å²) < 4.78 is 1.43. The van der Waals surface area contributed by atoms with Crippen LogP contribution in [0.5, 0.6) is 0 Å². The third kappa shape index (κ3) is 1.78. The molecule has 0 aromatic carbocycles. The van der Waals surface area contributed by atoms with Crippen molar-refractivity contribution in [1.82, 2.24) is 9.55 Å². The molecule has 0 bridgehead atoms. The van der Waals surface area contributed by atoms with Crippen molar-refractivity contribution in [3.63, 3.8) is 0 Å². The molecule has 2 rings (SSSR count). The van der Waals surface area contributed by atoms with Crippen molar-refractivity contribution in [2.75, 3.05) is 0 Å². The molecule has 0 spiro atoms. The highest BCUT2D eigenvalue weighted by molar-refractivity contribution is 5.21. The first-order valence-electron chi connectivity index (χ1n) is 5.28. The van der Waals surface area contributed by atoms with Gasteiger partial charge in [-0.1, -0.05) is 13.3 Å². The molecule has 1 saturated carbocycles. The molecule has 0 amide bonds. The van der Waals surface area contributed by atoms with Crippen LogP contribution in [0.3, 0.4) is 0 Å². The molecule has 0 atom stereocenters. The van der Waals surface area contributed by atoms with E-state index in [2.05, 4.69) is 11.9 Å². The maximum Gasteiger partial charge on any atom is 0.328 e. The Labute approximate surface area is 92.3 Å². The Balaban J connectivity index is 2.38. The second-order valence-electron chi connectivity index (χ2n) is 4.71. The highest BCUT2D eigenvalue weighted by Crippen LogP contribution is 2.41. The van der Waals surface area contributed by atoms with E-state index in [1.807, 2.05) is 0 Å². The standard InChI is InChI=1S/C11H13N3O2/c1-11(3-2-4-11)7-14-6-8(5-12)9(15)13-10(14)16/h6H,2-4,7H2,1H3,(H,13,15,16). The summed E-state index contributed by atoms with van der Waals surface area (Å²) in [5, 5.41) is 8.72.